The zero-order chi connectivity index (χ0) is 21.2. The van der Waals surface area contributed by atoms with E-state index in [9.17, 15) is 22.0 Å². The molecule has 0 aliphatic carbocycles. The van der Waals surface area contributed by atoms with Crippen LogP contribution in [0.1, 0.15) is 22.3 Å². The molecule has 0 aromatic heterocycles. The fourth-order valence-corrected chi connectivity index (χ4v) is 4.34. The number of hydrogen-bond donors (Lipinski definition) is 0. The van der Waals surface area contributed by atoms with Crippen LogP contribution < -0.4 is 0 Å². The molecule has 0 radical (unpaired) electrons. The van der Waals surface area contributed by atoms with Gasteiger partial charge in [-0.1, -0.05) is 11.6 Å². The van der Waals surface area contributed by atoms with Gasteiger partial charge in [-0.15, -0.1) is 12.4 Å². The molecule has 10 heteroatoms. The standard InChI is InChI=1S/C20H21ClF2N2O3S.ClH/c1-29(27,28)17-3-4-18(19(21)12-17)20(26)25-6-2-5-24(7-8-25)13-14-9-15(22)11-16(23)10-14;/h3-4,9-12H,2,5-8,13H2,1H3;1H. The summed E-state index contributed by atoms with van der Waals surface area (Å²) >= 11 is 6.16. The summed E-state index contributed by atoms with van der Waals surface area (Å²) in [6, 6.07) is 7.54. The lowest BCUT2D eigenvalue weighted by molar-refractivity contribution is 0.0761. The van der Waals surface area contributed by atoms with Crippen LogP contribution in [0.2, 0.25) is 5.02 Å². The summed E-state index contributed by atoms with van der Waals surface area (Å²) in [6.45, 7) is 2.56. The molecule has 0 atom stereocenters. The second-order valence-corrected chi connectivity index (χ2v) is 9.54. The SMILES string of the molecule is CS(=O)(=O)c1ccc(C(=O)N2CCCN(Cc3cc(F)cc(F)c3)CC2)c(Cl)c1.Cl. The van der Waals surface area contributed by atoms with Crippen LogP contribution in [0, 0.1) is 11.6 Å². The smallest absolute Gasteiger partial charge is 0.255 e. The number of halogens is 4. The van der Waals surface area contributed by atoms with E-state index in [1.807, 2.05) is 4.90 Å². The van der Waals surface area contributed by atoms with Crippen LogP contribution in [0.15, 0.2) is 41.3 Å². The van der Waals surface area contributed by atoms with Crippen molar-refractivity contribution in [1.82, 2.24) is 9.80 Å². The normalized spacial score (nSPS) is 15.4. The van der Waals surface area contributed by atoms with Crippen molar-refractivity contribution in [3.63, 3.8) is 0 Å². The second kappa shape index (κ2) is 10.0. The van der Waals surface area contributed by atoms with Gasteiger partial charge in [0.15, 0.2) is 9.84 Å². The van der Waals surface area contributed by atoms with E-state index in [4.69, 9.17) is 11.6 Å². The van der Waals surface area contributed by atoms with E-state index < -0.39 is 21.5 Å². The zero-order valence-corrected chi connectivity index (χ0v) is 18.7. The highest BCUT2D eigenvalue weighted by molar-refractivity contribution is 7.90. The van der Waals surface area contributed by atoms with Crippen molar-refractivity contribution < 1.29 is 22.0 Å². The molecule has 0 unspecified atom stereocenters. The maximum Gasteiger partial charge on any atom is 0.255 e. The van der Waals surface area contributed by atoms with Crippen LogP contribution in [-0.2, 0) is 16.4 Å². The minimum Gasteiger partial charge on any atom is -0.337 e. The molecular formula is C20H22Cl2F2N2O3S. The Morgan fingerprint density at radius 3 is 2.30 bits per heavy atom. The lowest BCUT2D eigenvalue weighted by atomic mass is 10.2. The molecule has 1 aliphatic rings. The van der Waals surface area contributed by atoms with Gasteiger partial charge in [0.05, 0.1) is 15.5 Å². The van der Waals surface area contributed by atoms with Gasteiger partial charge in [0.25, 0.3) is 5.91 Å². The van der Waals surface area contributed by atoms with Crippen LogP contribution in [0.5, 0.6) is 0 Å². The van der Waals surface area contributed by atoms with Crippen LogP contribution in [0.3, 0.4) is 0 Å². The van der Waals surface area contributed by atoms with E-state index in [0.29, 0.717) is 44.7 Å². The number of amides is 1. The number of sulfone groups is 1. The van der Waals surface area contributed by atoms with Crippen molar-refractivity contribution >= 4 is 39.8 Å². The van der Waals surface area contributed by atoms with E-state index in [0.717, 1.165) is 12.3 Å². The molecule has 0 bridgehead atoms. The molecule has 0 spiro atoms. The third kappa shape index (κ3) is 6.14. The fourth-order valence-electron chi connectivity index (χ4n) is 3.36. The quantitative estimate of drug-likeness (QED) is 0.670. The summed E-state index contributed by atoms with van der Waals surface area (Å²) in [7, 11) is -3.41. The Hall–Kier alpha value is -1.74. The number of rotatable bonds is 4. The first-order valence-corrected chi connectivity index (χ1v) is 11.4. The Balaban J connectivity index is 0.00000320. The first kappa shape index (κ1) is 24.5. The summed E-state index contributed by atoms with van der Waals surface area (Å²) in [5, 5.41) is 0.0919. The summed E-state index contributed by atoms with van der Waals surface area (Å²) < 4.78 is 50.1. The highest BCUT2D eigenvalue weighted by Gasteiger charge is 2.23. The van der Waals surface area contributed by atoms with Crippen molar-refractivity contribution in [3.8, 4) is 0 Å². The highest BCUT2D eigenvalue weighted by Crippen LogP contribution is 2.23. The zero-order valence-electron chi connectivity index (χ0n) is 16.3. The van der Waals surface area contributed by atoms with Gasteiger partial charge >= 0.3 is 0 Å². The Morgan fingerprint density at radius 2 is 1.70 bits per heavy atom. The molecule has 3 rings (SSSR count). The van der Waals surface area contributed by atoms with Crippen molar-refractivity contribution in [2.45, 2.75) is 17.9 Å². The third-order valence-electron chi connectivity index (χ3n) is 4.80. The van der Waals surface area contributed by atoms with Crippen LogP contribution in [0.25, 0.3) is 0 Å². The number of hydrogen-bond acceptors (Lipinski definition) is 4. The first-order valence-electron chi connectivity index (χ1n) is 9.10. The van der Waals surface area contributed by atoms with Gasteiger partial charge in [-0.25, -0.2) is 17.2 Å². The lowest BCUT2D eigenvalue weighted by Crippen LogP contribution is -2.35. The molecule has 1 saturated heterocycles. The van der Waals surface area contributed by atoms with Gasteiger partial charge in [0, 0.05) is 45.0 Å². The predicted octanol–water partition coefficient (Wildman–Crippen LogP) is 3.79. The maximum absolute atomic E-state index is 13.4. The molecule has 1 amide bonds. The molecule has 1 aliphatic heterocycles. The van der Waals surface area contributed by atoms with E-state index in [1.165, 1.54) is 30.3 Å². The Labute approximate surface area is 185 Å². The molecule has 2 aromatic carbocycles. The predicted molar refractivity (Wildman–Crippen MR) is 114 cm³/mol. The minimum absolute atomic E-state index is 0. The lowest BCUT2D eigenvalue weighted by Gasteiger charge is -2.22. The fraction of sp³-hybridized carbons (Fsp3) is 0.350. The summed E-state index contributed by atoms with van der Waals surface area (Å²) in [5.74, 6) is -1.49. The monoisotopic (exact) mass is 478 g/mol. The van der Waals surface area contributed by atoms with Crippen LogP contribution >= 0.6 is 24.0 Å². The van der Waals surface area contributed by atoms with E-state index in [2.05, 4.69) is 0 Å². The first-order chi connectivity index (χ1) is 13.6. The molecule has 0 N–H and O–H groups in total. The maximum atomic E-state index is 13.4. The minimum atomic E-state index is -3.41. The van der Waals surface area contributed by atoms with E-state index in [-0.39, 0.29) is 33.8 Å². The van der Waals surface area contributed by atoms with Crippen molar-refractivity contribution in [1.29, 1.82) is 0 Å². The topological polar surface area (TPSA) is 57.7 Å². The number of carbonyl (C=O) groups excluding carboxylic acids is 1. The van der Waals surface area contributed by atoms with Crippen molar-refractivity contribution in [2.75, 3.05) is 32.4 Å². The van der Waals surface area contributed by atoms with Crippen molar-refractivity contribution in [2.24, 2.45) is 0 Å². The number of nitrogens with zero attached hydrogens (tertiary/aromatic N) is 2. The molecule has 0 saturated carbocycles. The average molecular weight is 479 g/mol. The highest BCUT2D eigenvalue weighted by atomic mass is 35.5. The van der Waals surface area contributed by atoms with Gasteiger partial charge < -0.3 is 4.90 Å². The third-order valence-corrected chi connectivity index (χ3v) is 6.23. The number of benzene rings is 2. The number of carbonyl (C=O) groups is 1. The largest absolute Gasteiger partial charge is 0.337 e. The Morgan fingerprint density at radius 1 is 1.03 bits per heavy atom. The molecule has 2 aromatic rings. The summed E-state index contributed by atoms with van der Waals surface area (Å²) in [5.41, 5.74) is 0.793. The average Bonchev–Trinajstić information content (AvgIpc) is 2.85. The van der Waals surface area contributed by atoms with Crippen molar-refractivity contribution in [3.05, 3.63) is 64.2 Å². The molecule has 1 fully saturated rings. The Kier molecular flexibility index (Phi) is 8.21. The van der Waals surface area contributed by atoms with E-state index in [1.54, 1.807) is 4.90 Å². The molecule has 30 heavy (non-hydrogen) atoms. The summed E-state index contributed by atoms with van der Waals surface area (Å²) in [6.07, 6.45) is 1.77. The molecular weight excluding hydrogens is 457 g/mol. The van der Waals surface area contributed by atoms with Gasteiger partial charge in [-0.2, -0.15) is 0 Å². The molecule has 1 heterocycles. The van der Waals surface area contributed by atoms with Gasteiger partial charge in [0.2, 0.25) is 0 Å². The Bertz CT molecular complexity index is 1010. The van der Waals surface area contributed by atoms with E-state index >= 15 is 0 Å². The van der Waals surface area contributed by atoms with Crippen LogP contribution in [0.4, 0.5) is 8.78 Å². The van der Waals surface area contributed by atoms with Gasteiger partial charge in [-0.3, -0.25) is 9.69 Å². The van der Waals surface area contributed by atoms with Crippen LogP contribution in [-0.4, -0.2) is 56.6 Å². The second-order valence-electron chi connectivity index (χ2n) is 7.11. The molecule has 164 valence electrons. The molecule has 5 nitrogen and oxygen atoms in total. The van der Waals surface area contributed by atoms with Gasteiger partial charge in [0.1, 0.15) is 11.6 Å². The summed E-state index contributed by atoms with van der Waals surface area (Å²) in [4.78, 5) is 16.6. The van der Waals surface area contributed by atoms with Gasteiger partial charge in [-0.05, 0) is 42.3 Å².